The maximum atomic E-state index is 5.14. The molecule has 1 aromatic rings. The summed E-state index contributed by atoms with van der Waals surface area (Å²) < 4.78 is 7.08. The average molecular weight is 139 g/mol. The van der Waals surface area contributed by atoms with Gasteiger partial charge in [0.05, 0.1) is 12.9 Å². The summed E-state index contributed by atoms with van der Waals surface area (Å²) in [5.74, 6) is 0. The highest BCUT2D eigenvalue weighted by Gasteiger charge is 1.87. The molecule has 55 valence electrons. The molecule has 0 bridgehead atoms. The topological polar surface area (TPSA) is 27.1 Å². The lowest BCUT2D eigenvalue weighted by molar-refractivity contribution is 0.139. The predicted molar refractivity (Wildman–Crippen MR) is 37.6 cm³/mol. The molecule has 1 aromatic heterocycles. The SMILES string of the molecule is CCOCCn1c[c]nc1. The monoisotopic (exact) mass is 139 g/mol. The third-order valence-corrected chi connectivity index (χ3v) is 1.20. The zero-order valence-electron chi connectivity index (χ0n) is 6.08. The summed E-state index contributed by atoms with van der Waals surface area (Å²) in [6.07, 6.45) is 6.25. The van der Waals surface area contributed by atoms with Crippen LogP contribution in [0.25, 0.3) is 0 Å². The van der Waals surface area contributed by atoms with Gasteiger partial charge < -0.3 is 9.30 Å². The Morgan fingerprint density at radius 1 is 1.70 bits per heavy atom. The molecule has 0 aromatic carbocycles. The molecule has 0 fully saturated rings. The first-order chi connectivity index (χ1) is 4.93. The molecule has 3 nitrogen and oxygen atoms in total. The molecule has 0 atom stereocenters. The summed E-state index contributed by atoms with van der Waals surface area (Å²) in [7, 11) is 0. The van der Waals surface area contributed by atoms with Crippen molar-refractivity contribution in [3.8, 4) is 0 Å². The Balaban J connectivity index is 2.15. The highest BCUT2D eigenvalue weighted by Crippen LogP contribution is 1.84. The molecular formula is C7H11N2O. The van der Waals surface area contributed by atoms with E-state index < -0.39 is 0 Å². The van der Waals surface area contributed by atoms with Crippen molar-refractivity contribution in [3.63, 3.8) is 0 Å². The second kappa shape index (κ2) is 4.06. The van der Waals surface area contributed by atoms with Gasteiger partial charge in [0.2, 0.25) is 0 Å². The largest absolute Gasteiger partial charge is 0.380 e. The summed E-state index contributed by atoms with van der Waals surface area (Å²) >= 11 is 0. The van der Waals surface area contributed by atoms with Gasteiger partial charge in [0.1, 0.15) is 6.20 Å². The first kappa shape index (κ1) is 7.28. The van der Waals surface area contributed by atoms with Crippen molar-refractivity contribution >= 4 is 0 Å². The maximum Gasteiger partial charge on any atom is 0.108 e. The minimum Gasteiger partial charge on any atom is -0.380 e. The van der Waals surface area contributed by atoms with E-state index >= 15 is 0 Å². The number of nitrogens with zero attached hydrogens (tertiary/aromatic N) is 2. The second-order valence-corrected chi connectivity index (χ2v) is 1.94. The van der Waals surface area contributed by atoms with Crippen molar-refractivity contribution in [1.82, 2.24) is 9.55 Å². The number of ether oxygens (including phenoxy) is 1. The zero-order valence-corrected chi connectivity index (χ0v) is 6.08. The van der Waals surface area contributed by atoms with Gasteiger partial charge in [-0.25, -0.2) is 4.98 Å². The minimum atomic E-state index is 0.751. The number of rotatable bonds is 4. The average Bonchev–Trinajstić information content (AvgIpc) is 2.41. The fourth-order valence-electron chi connectivity index (χ4n) is 0.685. The van der Waals surface area contributed by atoms with Gasteiger partial charge in [0.15, 0.2) is 0 Å². The van der Waals surface area contributed by atoms with Crippen molar-refractivity contribution < 1.29 is 4.74 Å². The van der Waals surface area contributed by atoms with Crippen molar-refractivity contribution in [3.05, 3.63) is 18.7 Å². The molecule has 0 aliphatic carbocycles. The van der Waals surface area contributed by atoms with Crippen LogP contribution in [0.2, 0.25) is 0 Å². The van der Waals surface area contributed by atoms with E-state index in [9.17, 15) is 0 Å². The van der Waals surface area contributed by atoms with Crippen LogP contribution in [0.3, 0.4) is 0 Å². The third-order valence-electron chi connectivity index (χ3n) is 1.20. The first-order valence-corrected chi connectivity index (χ1v) is 3.39. The molecule has 1 radical (unpaired) electrons. The molecule has 0 saturated carbocycles. The lowest BCUT2D eigenvalue weighted by Crippen LogP contribution is -2.03. The Kier molecular flexibility index (Phi) is 2.96. The minimum absolute atomic E-state index is 0.751. The Bertz CT molecular complexity index is 160. The number of imidazole rings is 1. The highest BCUT2D eigenvalue weighted by molar-refractivity contribution is 4.70. The van der Waals surface area contributed by atoms with Crippen LogP contribution in [0.5, 0.6) is 0 Å². The molecular weight excluding hydrogens is 128 g/mol. The van der Waals surface area contributed by atoms with Gasteiger partial charge in [-0.05, 0) is 6.92 Å². The van der Waals surface area contributed by atoms with Crippen LogP contribution in [0, 0.1) is 6.20 Å². The van der Waals surface area contributed by atoms with Gasteiger partial charge >= 0.3 is 0 Å². The zero-order chi connectivity index (χ0) is 7.23. The molecule has 1 heterocycles. The summed E-state index contributed by atoms with van der Waals surface area (Å²) in [4.78, 5) is 3.78. The van der Waals surface area contributed by atoms with Gasteiger partial charge in [-0.2, -0.15) is 0 Å². The molecule has 10 heavy (non-hydrogen) atoms. The molecule has 1 rings (SSSR count). The van der Waals surface area contributed by atoms with Gasteiger partial charge in [-0.15, -0.1) is 0 Å². The number of aromatic nitrogens is 2. The van der Waals surface area contributed by atoms with Crippen molar-refractivity contribution in [2.24, 2.45) is 0 Å². The third kappa shape index (κ3) is 2.19. The van der Waals surface area contributed by atoms with E-state index in [4.69, 9.17) is 4.74 Å². The maximum absolute atomic E-state index is 5.14. The summed E-state index contributed by atoms with van der Waals surface area (Å²) in [5, 5.41) is 0. The van der Waals surface area contributed by atoms with Crippen LogP contribution < -0.4 is 0 Å². The van der Waals surface area contributed by atoms with Crippen molar-refractivity contribution in [1.29, 1.82) is 0 Å². The Morgan fingerprint density at radius 3 is 3.20 bits per heavy atom. The van der Waals surface area contributed by atoms with Crippen LogP contribution in [-0.4, -0.2) is 22.8 Å². The number of hydrogen-bond donors (Lipinski definition) is 0. The van der Waals surface area contributed by atoms with Crippen LogP contribution in [-0.2, 0) is 11.3 Å². The van der Waals surface area contributed by atoms with Crippen LogP contribution >= 0.6 is 0 Å². The van der Waals surface area contributed by atoms with Crippen LogP contribution in [0.1, 0.15) is 6.92 Å². The van der Waals surface area contributed by atoms with Gasteiger partial charge in [-0.3, -0.25) is 0 Å². The lowest BCUT2D eigenvalue weighted by Gasteiger charge is -2.00. The fourth-order valence-corrected chi connectivity index (χ4v) is 0.685. The van der Waals surface area contributed by atoms with Gasteiger partial charge in [0.25, 0.3) is 0 Å². The predicted octanol–water partition coefficient (Wildman–Crippen LogP) is 0.720. The summed E-state index contributed by atoms with van der Waals surface area (Å²) in [5.41, 5.74) is 0. The molecule has 0 N–H and O–H groups in total. The van der Waals surface area contributed by atoms with E-state index in [1.807, 2.05) is 11.5 Å². The van der Waals surface area contributed by atoms with E-state index in [0.29, 0.717) is 0 Å². The molecule has 3 heteroatoms. The van der Waals surface area contributed by atoms with Crippen molar-refractivity contribution in [2.45, 2.75) is 13.5 Å². The van der Waals surface area contributed by atoms with E-state index in [1.54, 1.807) is 12.5 Å². The lowest BCUT2D eigenvalue weighted by atomic mass is 10.6. The van der Waals surface area contributed by atoms with E-state index in [2.05, 4.69) is 11.2 Å². The quantitative estimate of drug-likeness (QED) is 0.575. The molecule has 0 spiro atoms. The smallest absolute Gasteiger partial charge is 0.108 e. The normalized spacial score (nSPS) is 10.1. The van der Waals surface area contributed by atoms with E-state index in [1.165, 1.54) is 0 Å². The van der Waals surface area contributed by atoms with E-state index in [-0.39, 0.29) is 0 Å². The summed E-state index contributed by atoms with van der Waals surface area (Å²) in [6, 6.07) is 0. The molecule has 0 unspecified atom stereocenters. The standard InChI is InChI=1S/C7H11N2O/c1-2-10-6-5-9-4-3-8-7-9/h4,7H,2,5-6H2,1H3. The second-order valence-electron chi connectivity index (χ2n) is 1.94. The molecule has 0 amide bonds. The van der Waals surface area contributed by atoms with Gasteiger partial charge in [-0.1, -0.05) is 0 Å². The Morgan fingerprint density at radius 2 is 2.60 bits per heavy atom. The molecule has 0 aliphatic heterocycles. The van der Waals surface area contributed by atoms with Crippen molar-refractivity contribution in [2.75, 3.05) is 13.2 Å². The first-order valence-electron chi connectivity index (χ1n) is 3.39. The van der Waals surface area contributed by atoms with E-state index in [0.717, 1.165) is 19.8 Å². The Hall–Kier alpha value is -0.830. The Labute approximate surface area is 60.6 Å². The van der Waals surface area contributed by atoms with Crippen LogP contribution in [0.15, 0.2) is 12.5 Å². The molecule has 0 saturated heterocycles. The highest BCUT2D eigenvalue weighted by atomic mass is 16.5. The molecule has 0 aliphatic rings. The fraction of sp³-hybridized carbons (Fsp3) is 0.571. The number of hydrogen-bond acceptors (Lipinski definition) is 2. The van der Waals surface area contributed by atoms with Gasteiger partial charge in [0, 0.05) is 19.3 Å². The summed E-state index contributed by atoms with van der Waals surface area (Å²) in [6.45, 7) is 4.38. The van der Waals surface area contributed by atoms with Crippen LogP contribution in [0.4, 0.5) is 0 Å².